The smallest absolute Gasteiger partial charge is 0.266 e. The van der Waals surface area contributed by atoms with Gasteiger partial charge in [-0.1, -0.05) is 29.8 Å². The van der Waals surface area contributed by atoms with E-state index in [0.717, 1.165) is 5.56 Å². The number of aromatic amines is 1. The number of halogens is 1. The SMILES string of the molecule is COc1cc(Cl)c(C)cc1NC(=O)c1ccc2c(=O)n(-c3ccccc3)c(=S)[nH]c2c1. The van der Waals surface area contributed by atoms with Gasteiger partial charge in [0.15, 0.2) is 4.77 Å². The summed E-state index contributed by atoms with van der Waals surface area (Å²) in [5.41, 5.74) is 2.57. The van der Waals surface area contributed by atoms with E-state index < -0.39 is 0 Å². The van der Waals surface area contributed by atoms with Gasteiger partial charge >= 0.3 is 0 Å². The highest BCUT2D eigenvalue weighted by Crippen LogP contribution is 2.31. The monoisotopic (exact) mass is 451 g/mol. The number of rotatable bonds is 4. The normalized spacial score (nSPS) is 10.8. The van der Waals surface area contributed by atoms with Crippen LogP contribution in [0.5, 0.6) is 5.75 Å². The fraction of sp³-hybridized carbons (Fsp3) is 0.0870. The van der Waals surface area contributed by atoms with Crippen LogP contribution < -0.4 is 15.6 Å². The molecule has 0 bridgehead atoms. The van der Waals surface area contributed by atoms with Crippen molar-refractivity contribution >= 4 is 46.3 Å². The van der Waals surface area contributed by atoms with Crippen LogP contribution in [-0.4, -0.2) is 22.6 Å². The molecular weight excluding hydrogens is 434 g/mol. The quantitative estimate of drug-likeness (QED) is 0.414. The summed E-state index contributed by atoms with van der Waals surface area (Å²) in [6, 6.07) is 17.4. The molecule has 0 radical (unpaired) electrons. The number of amides is 1. The molecule has 1 amide bonds. The van der Waals surface area contributed by atoms with E-state index >= 15 is 0 Å². The minimum Gasteiger partial charge on any atom is -0.495 e. The molecule has 0 fully saturated rings. The van der Waals surface area contributed by atoms with Gasteiger partial charge in [0.05, 0.1) is 29.4 Å². The van der Waals surface area contributed by atoms with Crippen molar-refractivity contribution in [1.29, 1.82) is 0 Å². The average molecular weight is 452 g/mol. The number of ether oxygens (including phenoxy) is 1. The van der Waals surface area contributed by atoms with Crippen molar-refractivity contribution in [3.63, 3.8) is 0 Å². The number of para-hydroxylation sites is 1. The number of fused-ring (bicyclic) bond motifs is 1. The Balaban J connectivity index is 1.74. The van der Waals surface area contributed by atoms with Crippen LogP contribution in [0.1, 0.15) is 15.9 Å². The van der Waals surface area contributed by atoms with Gasteiger partial charge < -0.3 is 15.0 Å². The number of aromatic nitrogens is 2. The first kappa shape index (κ1) is 20.8. The molecular formula is C23H18ClN3O3S. The number of benzene rings is 3. The maximum absolute atomic E-state index is 13.0. The number of nitrogens with zero attached hydrogens (tertiary/aromatic N) is 1. The van der Waals surface area contributed by atoms with Gasteiger partial charge in [-0.3, -0.25) is 14.2 Å². The van der Waals surface area contributed by atoms with Crippen LogP contribution in [-0.2, 0) is 0 Å². The van der Waals surface area contributed by atoms with Gasteiger partial charge in [-0.2, -0.15) is 0 Å². The standard InChI is InChI=1S/C23H18ClN3O3S/c1-13-10-19(20(30-2)12-17(13)24)25-21(28)14-8-9-16-18(11-14)26-23(31)27(22(16)29)15-6-4-3-5-7-15/h3-12H,1-2H3,(H,25,28)(H,26,31). The minimum atomic E-state index is -0.353. The Labute approximate surface area is 188 Å². The topological polar surface area (TPSA) is 76.1 Å². The molecule has 0 saturated heterocycles. The van der Waals surface area contributed by atoms with Crippen LogP contribution in [0.3, 0.4) is 0 Å². The number of hydrogen-bond donors (Lipinski definition) is 2. The summed E-state index contributed by atoms with van der Waals surface area (Å²) in [6.07, 6.45) is 0. The maximum Gasteiger partial charge on any atom is 0.266 e. The Kier molecular flexibility index (Phi) is 5.63. The fourth-order valence-corrected chi connectivity index (χ4v) is 3.75. The average Bonchev–Trinajstić information content (AvgIpc) is 2.76. The fourth-order valence-electron chi connectivity index (χ4n) is 3.30. The van der Waals surface area contributed by atoms with Crippen molar-refractivity contribution in [2.75, 3.05) is 12.4 Å². The molecule has 8 heteroatoms. The summed E-state index contributed by atoms with van der Waals surface area (Å²) in [5.74, 6) is 0.100. The Hall–Kier alpha value is -3.42. The number of carbonyl (C=O) groups excluding carboxylic acids is 1. The van der Waals surface area contributed by atoms with Gasteiger partial charge in [0.2, 0.25) is 0 Å². The van der Waals surface area contributed by atoms with E-state index in [-0.39, 0.29) is 16.2 Å². The van der Waals surface area contributed by atoms with E-state index in [9.17, 15) is 9.59 Å². The second-order valence-corrected chi connectivity index (χ2v) is 7.72. The zero-order chi connectivity index (χ0) is 22.1. The number of methoxy groups -OCH3 is 1. The maximum atomic E-state index is 13.0. The molecule has 0 saturated carbocycles. The van der Waals surface area contributed by atoms with Gasteiger partial charge in [0.25, 0.3) is 11.5 Å². The zero-order valence-corrected chi connectivity index (χ0v) is 18.3. The van der Waals surface area contributed by atoms with Crippen molar-refractivity contribution in [1.82, 2.24) is 9.55 Å². The summed E-state index contributed by atoms with van der Waals surface area (Å²) in [6.45, 7) is 1.84. The molecule has 6 nitrogen and oxygen atoms in total. The minimum absolute atomic E-state index is 0.247. The molecule has 0 aliphatic carbocycles. The second-order valence-electron chi connectivity index (χ2n) is 6.92. The van der Waals surface area contributed by atoms with E-state index in [4.69, 9.17) is 28.6 Å². The molecule has 3 aromatic carbocycles. The van der Waals surface area contributed by atoms with Gasteiger partial charge in [0.1, 0.15) is 5.75 Å². The third-order valence-electron chi connectivity index (χ3n) is 4.90. The molecule has 0 unspecified atom stereocenters. The molecule has 0 atom stereocenters. The number of nitrogens with one attached hydrogen (secondary N) is 2. The summed E-state index contributed by atoms with van der Waals surface area (Å²) >= 11 is 11.5. The number of H-pyrrole nitrogens is 1. The Morgan fingerprint density at radius 2 is 1.87 bits per heavy atom. The summed E-state index contributed by atoms with van der Waals surface area (Å²) in [5, 5.41) is 3.80. The van der Waals surface area contributed by atoms with Crippen molar-refractivity contribution in [2.45, 2.75) is 6.92 Å². The molecule has 0 aliphatic heterocycles. The number of carbonyl (C=O) groups is 1. The van der Waals surface area contributed by atoms with Crippen LogP contribution in [0.15, 0.2) is 65.5 Å². The van der Waals surface area contributed by atoms with Crippen molar-refractivity contribution in [3.8, 4) is 11.4 Å². The van der Waals surface area contributed by atoms with Gasteiger partial charge in [0, 0.05) is 16.7 Å². The first-order chi connectivity index (χ1) is 14.9. The van der Waals surface area contributed by atoms with Crippen LogP contribution in [0.4, 0.5) is 5.69 Å². The largest absolute Gasteiger partial charge is 0.495 e. The number of anilines is 1. The van der Waals surface area contributed by atoms with Crippen molar-refractivity contribution in [2.24, 2.45) is 0 Å². The molecule has 1 aromatic heterocycles. The summed E-state index contributed by atoms with van der Waals surface area (Å²) in [4.78, 5) is 28.9. The zero-order valence-electron chi connectivity index (χ0n) is 16.7. The lowest BCUT2D eigenvalue weighted by Crippen LogP contribution is -2.21. The molecule has 4 aromatic rings. The van der Waals surface area contributed by atoms with Gasteiger partial charge in [-0.25, -0.2) is 0 Å². The van der Waals surface area contributed by atoms with E-state index in [1.165, 1.54) is 11.7 Å². The number of hydrogen-bond acceptors (Lipinski definition) is 4. The first-order valence-corrected chi connectivity index (χ1v) is 10.2. The predicted octanol–water partition coefficient (Wildman–Crippen LogP) is 5.27. The molecule has 0 aliphatic rings. The third kappa shape index (κ3) is 3.97. The van der Waals surface area contributed by atoms with E-state index in [0.29, 0.717) is 38.6 Å². The Morgan fingerprint density at radius 1 is 1.13 bits per heavy atom. The predicted molar refractivity (Wildman–Crippen MR) is 125 cm³/mol. The van der Waals surface area contributed by atoms with Crippen LogP contribution in [0, 0.1) is 11.7 Å². The number of aryl methyl sites for hydroxylation is 1. The lowest BCUT2D eigenvalue weighted by molar-refractivity contribution is 0.102. The second kappa shape index (κ2) is 8.37. The van der Waals surface area contributed by atoms with Crippen LogP contribution in [0.2, 0.25) is 5.02 Å². The Bertz CT molecular complexity index is 1430. The first-order valence-electron chi connectivity index (χ1n) is 9.39. The van der Waals surface area contributed by atoms with Crippen LogP contribution in [0.25, 0.3) is 16.6 Å². The van der Waals surface area contributed by atoms with Gasteiger partial charge in [-0.15, -0.1) is 0 Å². The van der Waals surface area contributed by atoms with Gasteiger partial charge in [-0.05, 0) is 61.1 Å². The lowest BCUT2D eigenvalue weighted by atomic mass is 10.1. The third-order valence-corrected chi connectivity index (χ3v) is 5.60. The highest BCUT2D eigenvalue weighted by molar-refractivity contribution is 7.71. The lowest BCUT2D eigenvalue weighted by Gasteiger charge is -2.13. The highest BCUT2D eigenvalue weighted by atomic mass is 35.5. The molecule has 0 spiro atoms. The molecule has 156 valence electrons. The molecule has 4 rings (SSSR count). The van der Waals surface area contributed by atoms with E-state index in [2.05, 4.69) is 10.3 Å². The Morgan fingerprint density at radius 3 is 2.58 bits per heavy atom. The van der Waals surface area contributed by atoms with E-state index in [1.54, 1.807) is 42.5 Å². The summed E-state index contributed by atoms with van der Waals surface area (Å²) in [7, 11) is 1.50. The van der Waals surface area contributed by atoms with E-state index in [1.807, 2.05) is 25.1 Å². The molecule has 2 N–H and O–H groups in total. The van der Waals surface area contributed by atoms with Crippen LogP contribution >= 0.6 is 23.8 Å². The molecule has 31 heavy (non-hydrogen) atoms. The van der Waals surface area contributed by atoms with Crippen molar-refractivity contribution in [3.05, 3.63) is 91.9 Å². The molecule has 1 heterocycles. The summed E-state index contributed by atoms with van der Waals surface area (Å²) < 4.78 is 6.99. The van der Waals surface area contributed by atoms with Crippen molar-refractivity contribution < 1.29 is 9.53 Å². The highest BCUT2D eigenvalue weighted by Gasteiger charge is 2.14.